The Hall–Kier alpha value is -2.83. The fourth-order valence-corrected chi connectivity index (χ4v) is 3.51. The van der Waals surface area contributed by atoms with Crippen LogP contribution in [0.2, 0.25) is 0 Å². The quantitative estimate of drug-likeness (QED) is 0.764. The molecule has 2 fully saturated rings. The van der Waals surface area contributed by atoms with Crippen molar-refractivity contribution in [3.05, 3.63) is 30.1 Å². The van der Waals surface area contributed by atoms with Gasteiger partial charge in [0.1, 0.15) is 18.6 Å². The SMILES string of the molecule is CC1(C)COC(=O)N1Nc1ncnc2[nH]c3c(C4CC4)cccc3c12. The van der Waals surface area contributed by atoms with Crippen LogP contribution in [0.15, 0.2) is 24.5 Å². The first kappa shape index (κ1) is 14.5. The van der Waals surface area contributed by atoms with Crippen LogP contribution < -0.4 is 5.43 Å². The van der Waals surface area contributed by atoms with E-state index in [-0.39, 0.29) is 0 Å². The molecule has 0 radical (unpaired) electrons. The van der Waals surface area contributed by atoms with Crippen LogP contribution in [-0.4, -0.2) is 38.2 Å². The summed E-state index contributed by atoms with van der Waals surface area (Å²) in [6.45, 7) is 4.24. The minimum Gasteiger partial charge on any atom is -0.446 e. The Morgan fingerprint density at radius 3 is 2.88 bits per heavy atom. The summed E-state index contributed by atoms with van der Waals surface area (Å²) in [5.41, 5.74) is 5.93. The van der Waals surface area contributed by atoms with Gasteiger partial charge in [0.25, 0.3) is 0 Å². The van der Waals surface area contributed by atoms with Crippen LogP contribution in [0.3, 0.4) is 0 Å². The topological polar surface area (TPSA) is 83.1 Å². The number of carbonyl (C=O) groups is 1. The highest BCUT2D eigenvalue weighted by molar-refractivity contribution is 6.12. The van der Waals surface area contributed by atoms with Gasteiger partial charge in [-0.05, 0) is 38.2 Å². The molecule has 1 aliphatic carbocycles. The van der Waals surface area contributed by atoms with Crippen molar-refractivity contribution >= 4 is 33.8 Å². The number of carbonyl (C=O) groups excluding carboxylic acids is 1. The molecule has 7 heteroatoms. The van der Waals surface area contributed by atoms with E-state index < -0.39 is 11.6 Å². The van der Waals surface area contributed by atoms with Gasteiger partial charge in [0.05, 0.1) is 16.4 Å². The summed E-state index contributed by atoms with van der Waals surface area (Å²) in [4.78, 5) is 24.3. The van der Waals surface area contributed by atoms with Crippen molar-refractivity contribution < 1.29 is 9.53 Å². The number of benzene rings is 1. The Bertz CT molecular complexity index is 1010. The minimum atomic E-state index is -0.445. The molecule has 1 saturated carbocycles. The number of nitrogens with zero attached hydrogens (tertiary/aromatic N) is 3. The van der Waals surface area contributed by atoms with Crippen molar-refractivity contribution in [2.75, 3.05) is 12.0 Å². The van der Waals surface area contributed by atoms with Crippen LogP contribution in [0.4, 0.5) is 10.6 Å². The molecule has 2 aromatic heterocycles. The molecule has 0 bridgehead atoms. The van der Waals surface area contributed by atoms with Gasteiger partial charge in [-0.1, -0.05) is 18.2 Å². The Labute approximate surface area is 144 Å². The molecule has 128 valence electrons. The van der Waals surface area contributed by atoms with Crippen LogP contribution in [0.25, 0.3) is 21.9 Å². The predicted molar refractivity (Wildman–Crippen MR) is 94.3 cm³/mol. The molecule has 1 amide bonds. The van der Waals surface area contributed by atoms with Gasteiger partial charge in [0, 0.05) is 5.39 Å². The maximum absolute atomic E-state index is 12.1. The molecule has 0 unspecified atom stereocenters. The van der Waals surface area contributed by atoms with E-state index in [0.29, 0.717) is 18.3 Å². The van der Waals surface area contributed by atoms with E-state index in [1.165, 1.54) is 29.7 Å². The van der Waals surface area contributed by atoms with Gasteiger partial charge >= 0.3 is 6.09 Å². The first-order valence-electron chi connectivity index (χ1n) is 8.53. The number of ether oxygens (including phenoxy) is 1. The third kappa shape index (κ3) is 2.15. The maximum atomic E-state index is 12.1. The van der Waals surface area contributed by atoms with Gasteiger partial charge in [0.15, 0.2) is 5.82 Å². The van der Waals surface area contributed by atoms with E-state index in [0.717, 1.165) is 21.9 Å². The largest absolute Gasteiger partial charge is 0.446 e. The normalized spacial score (nSPS) is 19.6. The van der Waals surface area contributed by atoms with Crippen molar-refractivity contribution in [3.63, 3.8) is 0 Å². The van der Waals surface area contributed by atoms with Crippen LogP contribution >= 0.6 is 0 Å². The number of aromatic nitrogens is 3. The van der Waals surface area contributed by atoms with E-state index in [2.05, 4.69) is 38.6 Å². The molecule has 1 aliphatic heterocycles. The average molecular weight is 337 g/mol. The summed E-state index contributed by atoms with van der Waals surface area (Å²) in [5.74, 6) is 1.24. The molecule has 5 rings (SSSR count). The van der Waals surface area contributed by atoms with Gasteiger partial charge in [0.2, 0.25) is 0 Å². The molecule has 2 N–H and O–H groups in total. The monoisotopic (exact) mass is 337 g/mol. The number of fused-ring (bicyclic) bond motifs is 3. The van der Waals surface area contributed by atoms with E-state index >= 15 is 0 Å². The molecule has 3 heterocycles. The Balaban J connectivity index is 1.67. The lowest BCUT2D eigenvalue weighted by atomic mass is 10.1. The second kappa shape index (κ2) is 4.84. The standard InChI is InChI=1S/C18H19N5O2/c1-18(2)8-25-17(24)23(18)22-16-13-12-5-3-4-11(10-6-7-10)14(12)21-15(13)19-9-20-16/h3-5,9-10H,6-8H2,1-2H3,(H2,19,20,21,22). The molecular weight excluding hydrogens is 318 g/mol. The molecular formula is C18H19N5O2. The van der Waals surface area contributed by atoms with E-state index in [4.69, 9.17) is 4.74 Å². The number of para-hydroxylation sites is 1. The van der Waals surface area contributed by atoms with Gasteiger partial charge in [-0.25, -0.2) is 19.8 Å². The number of hydrogen-bond donors (Lipinski definition) is 2. The lowest BCUT2D eigenvalue weighted by Gasteiger charge is -2.28. The van der Waals surface area contributed by atoms with Crippen molar-refractivity contribution in [1.29, 1.82) is 0 Å². The highest BCUT2D eigenvalue weighted by atomic mass is 16.6. The second-order valence-corrected chi connectivity index (χ2v) is 7.43. The molecule has 0 spiro atoms. The van der Waals surface area contributed by atoms with Crippen molar-refractivity contribution in [2.24, 2.45) is 0 Å². The number of H-pyrrole nitrogens is 1. The van der Waals surface area contributed by atoms with E-state index in [1.54, 1.807) is 0 Å². The number of hydrogen-bond acceptors (Lipinski definition) is 5. The highest BCUT2D eigenvalue weighted by Gasteiger charge is 2.41. The number of rotatable bonds is 3. The zero-order valence-electron chi connectivity index (χ0n) is 14.2. The molecule has 25 heavy (non-hydrogen) atoms. The number of hydrazine groups is 1. The van der Waals surface area contributed by atoms with Gasteiger partial charge in [-0.3, -0.25) is 5.43 Å². The van der Waals surface area contributed by atoms with Crippen molar-refractivity contribution in [2.45, 2.75) is 38.1 Å². The Morgan fingerprint density at radius 1 is 1.32 bits per heavy atom. The summed E-state index contributed by atoms with van der Waals surface area (Å²) in [5, 5.41) is 3.47. The lowest BCUT2D eigenvalue weighted by Crippen LogP contribution is -2.45. The highest BCUT2D eigenvalue weighted by Crippen LogP contribution is 2.44. The Morgan fingerprint density at radius 2 is 2.16 bits per heavy atom. The summed E-state index contributed by atoms with van der Waals surface area (Å²) < 4.78 is 5.17. The zero-order valence-corrected chi connectivity index (χ0v) is 14.2. The summed E-state index contributed by atoms with van der Waals surface area (Å²) in [7, 11) is 0. The average Bonchev–Trinajstić information content (AvgIpc) is 3.31. The molecule has 3 aromatic rings. The number of nitrogens with one attached hydrogen (secondary N) is 2. The van der Waals surface area contributed by atoms with Crippen LogP contribution in [0.1, 0.15) is 38.2 Å². The third-order valence-electron chi connectivity index (χ3n) is 5.03. The maximum Gasteiger partial charge on any atom is 0.429 e. The van der Waals surface area contributed by atoms with Crippen molar-refractivity contribution in [3.8, 4) is 0 Å². The summed E-state index contributed by atoms with van der Waals surface area (Å²) >= 11 is 0. The number of amides is 1. The zero-order chi connectivity index (χ0) is 17.2. The third-order valence-corrected chi connectivity index (χ3v) is 5.03. The molecule has 1 saturated heterocycles. The van der Waals surface area contributed by atoms with Crippen LogP contribution in [0, 0.1) is 0 Å². The van der Waals surface area contributed by atoms with Crippen LogP contribution in [0.5, 0.6) is 0 Å². The lowest BCUT2D eigenvalue weighted by molar-refractivity contribution is 0.162. The first-order valence-corrected chi connectivity index (χ1v) is 8.53. The smallest absolute Gasteiger partial charge is 0.429 e. The summed E-state index contributed by atoms with van der Waals surface area (Å²) in [6, 6.07) is 6.33. The number of anilines is 1. The number of aromatic amines is 1. The van der Waals surface area contributed by atoms with E-state index in [9.17, 15) is 4.79 Å². The van der Waals surface area contributed by atoms with Gasteiger partial charge in [-0.2, -0.15) is 0 Å². The fourth-order valence-electron chi connectivity index (χ4n) is 3.51. The van der Waals surface area contributed by atoms with E-state index in [1.807, 2.05) is 13.8 Å². The van der Waals surface area contributed by atoms with Gasteiger partial charge < -0.3 is 9.72 Å². The molecule has 7 nitrogen and oxygen atoms in total. The molecule has 2 aliphatic rings. The second-order valence-electron chi connectivity index (χ2n) is 7.43. The van der Waals surface area contributed by atoms with Crippen LogP contribution in [-0.2, 0) is 4.74 Å². The van der Waals surface area contributed by atoms with Gasteiger partial charge in [-0.15, -0.1) is 0 Å². The minimum absolute atomic E-state index is 0.340. The van der Waals surface area contributed by atoms with Crippen molar-refractivity contribution in [1.82, 2.24) is 20.0 Å². The molecule has 1 aromatic carbocycles. The Kier molecular flexibility index (Phi) is 2.81. The number of cyclic esters (lactones) is 1. The molecule has 0 atom stereocenters. The first-order chi connectivity index (χ1) is 12.0. The fraction of sp³-hybridized carbons (Fsp3) is 0.389. The predicted octanol–water partition coefficient (Wildman–Crippen LogP) is 3.55. The summed E-state index contributed by atoms with van der Waals surface area (Å²) in [6.07, 6.45) is 3.58.